The van der Waals surface area contributed by atoms with Gasteiger partial charge in [0, 0.05) is 18.8 Å². The number of rotatable bonds is 6. The predicted molar refractivity (Wildman–Crippen MR) is 95.4 cm³/mol. The Morgan fingerprint density at radius 1 is 1.04 bits per heavy atom. The summed E-state index contributed by atoms with van der Waals surface area (Å²) in [6.07, 6.45) is 1.04. The standard InChI is InChI=1S/C19H24N2O3/c1-22-17-10-14(11-18(23-2)19(17)24-3)16(12-20)21-9-8-13-6-4-5-7-15(13)21/h4-7,10-11,16H,8-9,12,20H2,1-3H3. The molecule has 0 spiro atoms. The highest BCUT2D eigenvalue weighted by molar-refractivity contribution is 5.61. The van der Waals surface area contributed by atoms with Gasteiger partial charge in [-0.05, 0) is 35.7 Å². The lowest BCUT2D eigenvalue weighted by Gasteiger charge is -2.30. The Labute approximate surface area is 142 Å². The van der Waals surface area contributed by atoms with E-state index >= 15 is 0 Å². The lowest BCUT2D eigenvalue weighted by atomic mass is 10.0. The van der Waals surface area contributed by atoms with E-state index in [4.69, 9.17) is 19.9 Å². The number of methoxy groups -OCH3 is 3. The van der Waals surface area contributed by atoms with E-state index in [1.54, 1.807) is 21.3 Å². The molecule has 1 aliphatic heterocycles. The zero-order chi connectivity index (χ0) is 17.1. The molecule has 128 valence electrons. The Morgan fingerprint density at radius 2 is 1.71 bits per heavy atom. The van der Waals surface area contributed by atoms with Gasteiger partial charge in [0.2, 0.25) is 5.75 Å². The summed E-state index contributed by atoms with van der Waals surface area (Å²) in [6, 6.07) is 12.5. The summed E-state index contributed by atoms with van der Waals surface area (Å²) in [5.41, 5.74) is 9.82. The van der Waals surface area contributed by atoms with Gasteiger partial charge < -0.3 is 24.8 Å². The number of hydrogen-bond acceptors (Lipinski definition) is 5. The Kier molecular flexibility index (Phi) is 4.81. The molecule has 3 rings (SSSR count). The highest BCUT2D eigenvalue weighted by Crippen LogP contribution is 2.42. The smallest absolute Gasteiger partial charge is 0.203 e. The second-order valence-corrected chi connectivity index (χ2v) is 5.78. The van der Waals surface area contributed by atoms with Gasteiger partial charge in [-0.15, -0.1) is 0 Å². The van der Waals surface area contributed by atoms with E-state index < -0.39 is 0 Å². The lowest BCUT2D eigenvalue weighted by Crippen LogP contribution is -2.32. The third kappa shape index (κ3) is 2.76. The van der Waals surface area contributed by atoms with E-state index in [1.165, 1.54) is 11.3 Å². The van der Waals surface area contributed by atoms with Gasteiger partial charge in [-0.3, -0.25) is 0 Å². The second kappa shape index (κ2) is 7.01. The van der Waals surface area contributed by atoms with Crippen molar-refractivity contribution in [3.05, 3.63) is 47.5 Å². The maximum atomic E-state index is 6.14. The molecule has 2 aromatic carbocycles. The van der Waals surface area contributed by atoms with Crippen LogP contribution in [0.25, 0.3) is 0 Å². The van der Waals surface area contributed by atoms with Crippen LogP contribution < -0.4 is 24.8 Å². The molecule has 1 unspecified atom stereocenters. The third-order valence-corrected chi connectivity index (χ3v) is 4.59. The van der Waals surface area contributed by atoms with Crippen molar-refractivity contribution < 1.29 is 14.2 Å². The van der Waals surface area contributed by atoms with E-state index in [0.29, 0.717) is 23.8 Å². The number of nitrogens with two attached hydrogens (primary N) is 1. The lowest BCUT2D eigenvalue weighted by molar-refractivity contribution is 0.323. The number of para-hydroxylation sites is 1. The Hall–Kier alpha value is -2.40. The maximum absolute atomic E-state index is 6.14. The highest BCUT2D eigenvalue weighted by Gasteiger charge is 2.28. The molecule has 0 fully saturated rings. The fourth-order valence-electron chi connectivity index (χ4n) is 3.42. The molecular weight excluding hydrogens is 304 g/mol. The molecule has 2 aromatic rings. The van der Waals surface area contributed by atoms with Crippen molar-refractivity contribution in [2.45, 2.75) is 12.5 Å². The number of hydrogen-bond donors (Lipinski definition) is 1. The van der Waals surface area contributed by atoms with Crippen molar-refractivity contribution in [3.63, 3.8) is 0 Å². The van der Waals surface area contributed by atoms with Crippen molar-refractivity contribution in [2.75, 3.05) is 39.3 Å². The molecule has 0 radical (unpaired) electrons. The molecule has 1 aliphatic rings. The first-order valence-corrected chi connectivity index (χ1v) is 8.08. The van der Waals surface area contributed by atoms with Gasteiger partial charge >= 0.3 is 0 Å². The minimum absolute atomic E-state index is 0.0577. The molecule has 0 bridgehead atoms. The van der Waals surface area contributed by atoms with Crippen molar-refractivity contribution >= 4 is 5.69 Å². The van der Waals surface area contributed by atoms with Crippen molar-refractivity contribution in [1.29, 1.82) is 0 Å². The van der Waals surface area contributed by atoms with E-state index in [1.807, 2.05) is 12.1 Å². The zero-order valence-electron chi connectivity index (χ0n) is 14.4. The molecule has 2 N–H and O–H groups in total. The minimum Gasteiger partial charge on any atom is -0.493 e. The van der Waals surface area contributed by atoms with Crippen LogP contribution in [-0.4, -0.2) is 34.4 Å². The fourth-order valence-corrected chi connectivity index (χ4v) is 3.42. The van der Waals surface area contributed by atoms with E-state index in [0.717, 1.165) is 18.5 Å². The summed E-state index contributed by atoms with van der Waals surface area (Å²) in [7, 11) is 4.87. The molecule has 1 heterocycles. The number of nitrogens with zero attached hydrogens (tertiary/aromatic N) is 1. The number of anilines is 1. The number of ether oxygens (including phenoxy) is 3. The van der Waals surface area contributed by atoms with Crippen LogP contribution in [0, 0.1) is 0 Å². The predicted octanol–water partition coefficient (Wildman–Crippen LogP) is 2.77. The molecule has 24 heavy (non-hydrogen) atoms. The first kappa shape index (κ1) is 16.5. The normalized spacial score (nSPS) is 14.2. The van der Waals surface area contributed by atoms with Crippen LogP contribution in [0.4, 0.5) is 5.69 Å². The quantitative estimate of drug-likeness (QED) is 0.884. The minimum atomic E-state index is 0.0577. The fraction of sp³-hybridized carbons (Fsp3) is 0.368. The van der Waals surface area contributed by atoms with Crippen LogP contribution in [0.5, 0.6) is 17.2 Å². The van der Waals surface area contributed by atoms with E-state index in [2.05, 4.69) is 29.2 Å². The van der Waals surface area contributed by atoms with Crippen LogP contribution in [0.1, 0.15) is 17.2 Å². The molecule has 1 atom stereocenters. The monoisotopic (exact) mass is 328 g/mol. The van der Waals surface area contributed by atoms with Crippen LogP contribution >= 0.6 is 0 Å². The maximum Gasteiger partial charge on any atom is 0.203 e. The molecule has 0 saturated heterocycles. The first-order chi connectivity index (χ1) is 11.7. The third-order valence-electron chi connectivity index (χ3n) is 4.59. The summed E-state index contributed by atoms with van der Waals surface area (Å²) in [5.74, 6) is 1.90. The van der Waals surface area contributed by atoms with Gasteiger partial charge in [-0.25, -0.2) is 0 Å². The molecule has 0 amide bonds. The van der Waals surface area contributed by atoms with Gasteiger partial charge in [0.1, 0.15) is 0 Å². The average Bonchev–Trinajstić information content (AvgIpc) is 3.05. The highest BCUT2D eigenvalue weighted by atomic mass is 16.5. The van der Waals surface area contributed by atoms with Crippen LogP contribution in [-0.2, 0) is 6.42 Å². The summed E-state index contributed by atoms with van der Waals surface area (Å²) in [4.78, 5) is 2.36. The Bertz CT molecular complexity index is 693. The van der Waals surface area contributed by atoms with Gasteiger partial charge in [0.25, 0.3) is 0 Å². The Balaban J connectivity index is 2.03. The zero-order valence-corrected chi connectivity index (χ0v) is 14.4. The van der Waals surface area contributed by atoms with Crippen LogP contribution in [0.15, 0.2) is 36.4 Å². The summed E-state index contributed by atoms with van der Waals surface area (Å²) in [5, 5.41) is 0. The molecular formula is C19H24N2O3. The van der Waals surface area contributed by atoms with Crippen LogP contribution in [0.2, 0.25) is 0 Å². The molecule has 5 nitrogen and oxygen atoms in total. The summed E-state index contributed by atoms with van der Waals surface area (Å²) < 4.78 is 16.4. The van der Waals surface area contributed by atoms with Crippen molar-refractivity contribution in [3.8, 4) is 17.2 Å². The van der Waals surface area contributed by atoms with Gasteiger partial charge in [-0.1, -0.05) is 18.2 Å². The number of benzene rings is 2. The molecule has 0 aliphatic carbocycles. The Morgan fingerprint density at radius 3 is 2.29 bits per heavy atom. The van der Waals surface area contributed by atoms with Gasteiger partial charge in [-0.2, -0.15) is 0 Å². The van der Waals surface area contributed by atoms with Crippen molar-refractivity contribution in [1.82, 2.24) is 0 Å². The average molecular weight is 328 g/mol. The second-order valence-electron chi connectivity index (χ2n) is 5.78. The van der Waals surface area contributed by atoms with Gasteiger partial charge in [0.05, 0.1) is 27.4 Å². The van der Waals surface area contributed by atoms with Gasteiger partial charge in [0.15, 0.2) is 11.5 Å². The van der Waals surface area contributed by atoms with Crippen LogP contribution in [0.3, 0.4) is 0 Å². The largest absolute Gasteiger partial charge is 0.493 e. The van der Waals surface area contributed by atoms with E-state index in [9.17, 15) is 0 Å². The summed E-state index contributed by atoms with van der Waals surface area (Å²) >= 11 is 0. The number of fused-ring (bicyclic) bond motifs is 1. The topological polar surface area (TPSA) is 57.0 Å². The van der Waals surface area contributed by atoms with Crippen molar-refractivity contribution in [2.24, 2.45) is 5.73 Å². The SMILES string of the molecule is COc1cc(C(CN)N2CCc3ccccc32)cc(OC)c1OC. The molecule has 0 aromatic heterocycles. The summed E-state index contributed by atoms with van der Waals surface area (Å²) in [6.45, 7) is 1.46. The van der Waals surface area contributed by atoms with E-state index in [-0.39, 0.29) is 6.04 Å². The molecule has 0 saturated carbocycles. The molecule has 5 heteroatoms. The first-order valence-electron chi connectivity index (χ1n) is 8.08.